The SMILES string of the molecule is N#CCC(=O)/C=C/C1CCC(CCN2CCN(c3cc(C#N)cc(C(F)(F)F)c3)CC2)CC1. The lowest BCUT2D eigenvalue weighted by Crippen LogP contribution is -2.47. The molecule has 1 saturated carbocycles. The fraction of sp³-hybridized carbons (Fsp3) is 0.560. The van der Waals surface area contributed by atoms with E-state index in [1.54, 1.807) is 6.08 Å². The van der Waals surface area contributed by atoms with Crippen LogP contribution in [0.1, 0.15) is 49.7 Å². The van der Waals surface area contributed by atoms with Crippen molar-refractivity contribution in [2.45, 2.75) is 44.7 Å². The van der Waals surface area contributed by atoms with Gasteiger partial charge in [-0.25, -0.2) is 0 Å². The Kier molecular flexibility index (Phi) is 8.52. The second-order valence-corrected chi connectivity index (χ2v) is 8.94. The van der Waals surface area contributed by atoms with Gasteiger partial charge in [0, 0.05) is 31.9 Å². The molecule has 2 fully saturated rings. The van der Waals surface area contributed by atoms with Crippen LogP contribution in [0.3, 0.4) is 0 Å². The van der Waals surface area contributed by atoms with Crippen molar-refractivity contribution in [2.75, 3.05) is 37.6 Å². The first kappa shape index (κ1) is 24.8. The summed E-state index contributed by atoms with van der Waals surface area (Å²) in [6.07, 6.45) is 4.46. The van der Waals surface area contributed by atoms with Crippen molar-refractivity contribution in [2.24, 2.45) is 11.8 Å². The van der Waals surface area contributed by atoms with Gasteiger partial charge in [-0.3, -0.25) is 9.69 Å². The summed E-state index contributed by atoms with van der Waals surface area (Å²) >= 11 is 0. The van der Waals surface area contributed by atoms with Gasteiger partial charge >= 0.3 is 6.18 Å². The van der Waals surface area contributed by atoms with Crippen molar-refractivity contribution < 1.29 is 18.0 Å². The summed E-state index contributed by atoms with van der Waals surface area (Å²) in [5.41, 5.74) is -0.290. The highest BCUT2D eigenvalue weighted by Crippen LogP contribution is 2.34. The summed E-state index contributed by atoms with van der Waals surface area (Å²) in [4.78, 5) is 15.7. The molecular weight excluding hydrogens is 429 g/mol. The highest BCUT2D eigenvalue weighted by molar-refractivity contribution is 5.91. The molecule has 1 aromatic rings. The number of nitriles is 2. The molecule has 1 aromatic carbocycles. The highest BCUT2D eigenvalue weighted by Gasteiger charge is 2.32. The maximum absolute atomic E-state index is 13.2. The Hall–Kier alpha value is -2.84. The molecule has 33 heavy (non-hydrogen) atoms. The van der Waals surface area contributed by atoms with Crippen LogP contribution in [-0.2, 0) is 11.0 Å². The first-order valence-electron chi connectivity index (χ1n) is 11.5. The maximum atomic E-state index is 13.2. The number of halogens is 3. The van der Waals surface area contributed by atoms with E-state index in [9.17, 15) is 18.0 Å². The number of rotatable bonds is 7. The molecule has 0 unspecified atom stereocenters. The van der Waals surface area contributed by atoms with Gasteiger partial charge in [0.15, 0.2) is 5.78 Å². The van der Waals surface area contributed by atoms with E-state index in [1.807, 2.05) is 23.1 Å². The number of carbonyl (C=O) groups excluding carboxylic acids is 1. The molecule has 0 radical (unpaired) electrons. The van der Waals surface area contributed by atoms with Crippen LogP contribution in [0.2, 0.25) is 0 Å². The standard InChI is InChI=1S/C25H29F3N4O/c26-25(27,28)22-15-21(18-30)16-23(17-22)32-13-11-31(12-14-32)10-8-20-3-1-19(2-4-20)5-6-24(33)7-9-29/h5-6,15-17,19-20H,1-4,7-8,10-14H2/b6-5+. The number of anilines is 1. The number of allylic oxidation sites excluding steroid dienone is 2. The van der Waals surface area contributed by atoms with Gasteiger partial charge in [-0.2, -0.15) is 23.7 Å². The van der Waals surface area contributed by atoms with E-state index in [-0.39, 0.29) is 17.8 Å². The van der Waals surface area contributed by atoms with E-state index in [1.165, 1.54) is 6.07 Å². The molecule has 0 spiro atoms. The summed E-state index contributed by atoms with van der Waals surface area (Å²) in [6, 6.07) is 7.27. The summed E-state index contributed by atoms with van der Waals surface area (Å²) < 4.78 is 39.5. The fourth-order valence-electron chi connectivity index (χ4n) is 4.67. The molecular formula is C25H29F3N4O. The monoisotopic (exact) mass is 458 g/mol. The molecule has 2 aliphatic rings. The Labute approximate surface area is 193 Å². The third-order valence-electron chi connectivity index (χ3n) is 6.66. The van der Waals surface area contributed by atoms with Gasteiger partial charge < -0.3 is 4.90 Å². The summed E-state index contributed by atoms with van der Waals surface area (Å²) in [6.45, 7) is 3.83. The minimum Gasteiger partial charge on any atom is -0.369 e. The van der Waals surface area contributed by atoms with Crippen LogP contribution in [0.15, 0.2) is 30.4 Å². The Bertz CT molecular complexity index is 928. The molecule has 5 nitrogen and oxygen atoms in total. The Balaban J connectivity index is 1.43. The minimum atomic E-state index is -4.47. The van der Waals surface area contributed by atoms with Gasteiger partial charge in [-0.15, -0.1) is 0 Å². The summed E-state index contributed by atoms with van der Waals surface area (Å²) in [7, 11) is 0. The second kappa shape index (κ2) is 11.3. The van der Waals surface area contributed by atoms with Crippen LogP contribution >= 0.6 is 0 Å². The van der Waals surface area contributed by atoms with Gasteiger partial charge in [0.2, 0.25) is 0 Å². The number of nitrogens with zero attached hydrogens (tertiary/aromatic N) is 4. The summed E-state index contributed by atoms with van der Waals surface area (Å²) in [5, 5.41) is 17.6. The molecule has 8 heteroatoms. The van der Waals surface area contributed by atoms with Crippen LogP contribution in [0, 0.1) is 34.5 Å². The molecule has 1 heterocycles. The third-order valence-corrected chi connectivity index (χ3v) is 6.66. The molecule has 0 amide bonds. The average molecular weight is 459 g/mol. The second-order valence-electron chi connectivity index (χ2n) is 8.94. The summed E-state index contributed by atoms with van der Waals surface area (Å²) in [5.74, 6) is 0.940. The van der Waals surface area contributed by atoms with Gasteiger partial charge in [0.05, 0.1) is 29.7 Å². The van der Waals surface area contributed by atoms with E-state index in [0.717, 1.165) is 63.9 Å². The molecule has 1 saturated heterocycles. The van der Waals surface area contributed by atoms with E-state index in [4.69, 9.17) is 10.5 Å². The lowest BCUT2D eigenvalue weighted by Gasteiger charge is -2.37. The topological polar surface area (TPSA) is 71.1 Å². The number of carbonyl (C=O) groups is 1. The quantitative estimate of drug-likeness (QED) is 0.542. The molecule has 0 bridgehead atoms. The Morgan fingerprint density at radius 1 is 1.06 bits per heavy atom. The predicted molar refractivity (Wildman–Crippen MR) is 119 cm³/mol. The molecule has 0 N–H and O–H groups in total. The zero-order valence-corrected chi connectivity index (χ0v) is 18.7. The predicted octanol–water partition coefficient (Wildman–Crippen LogP) is 4.93. The molecule has 0 aromatic heterocycles. The zero-order valence-electron chi connectivity index (χ0n) is 18.7. The number of hydrogen-bond donors (Lipinski definition) is 0. The van der Waals surface area contributed by atoms with Crippen molar-refractivity contribution in [3.8, 4) is 12.1 Å². The van der Waals surface area contributed by atoms with Crippen LogP contribution in [0.5, 0.6) is 0 Å². The van der Waals surface area contributed by atoms with Crippen LogP contribution in [0.25, 0.3) is 0 Å². The van der Waals surface area contributed by atoms with Crippen molar-refractivity contribution >= 4 is 11.5 Å². The van der Waals surface area contributed by atoms with Gasteiger partial charge in [-0.1, -0.05) is 6.08 Å². The van der Waals surface area contributed by atoms with Crippen LogP contribution < -0.4 is 4.90 Å². The fourth-order valence-corrected chi connectivity index (χ4v) is 4.67. The number of ketones is 1. The Morgan fingerprint density at radius 3 is 2.36 bits per heavy atom. The van der Waals surface area contributed by atoms with Crippen molar-refractivity contribution in [3.05, 3.63) is 41.5 Å². The molecule has 176 valence electrons. The van der Waals surface area contributed by atoms with Gasteiger partial charge in [-0.05, 0) is 74.8 Å². The molecule has 1 aliphatic carbocycles. The van der Waals surface area contributed by atoms with Crippen molar-refractivity contribution in [3.63, 3.8) is 0 Å². The largest absolute Gasteiger partial charge is 0.416 e. The van der Waals surface area contributed by atoms with Crippen LogP contribution in [-0.4, -0.2) is 43.4 Å². The van der Waals surface area contributed by atoms with Crippen molar-refractivity contribution in [1.82, 2.24) is 4.90 Å². The van der Waals surface area contributed by atoms with Crippen LogP contribution in [0.4, 0.5) is 18.9 Å². The molecule has 3 rings (SSSR count). The number of piperazine rings is 1. The molecule has 1 aliphatic heterocycles. The lowest BCUT2D eigenvalue weighted by atomic mass is 9.80. The van der Waals surface area contributed by atoms with E-state index < -0.39 is 11.7 Å². The Morgan fingerprint density at radius 2 is 1.76 bits per heavy atom. The van der Waals surface area contributed by atoms with E-state index in [0.29, 0.717) is 30.6 Å². The first-order valence-corrected chi connectivity index (χ1v) is 11.5. The van der Waals surface area contributed by atoms with Gasteiger partial charge in [0.25, 0.3) is 0 Å². The first-order chi connectivity index (χ1) is 15.8. The van der Waals surface area contributed by atoms with Gasteiger partial charge in [0.1, 0.15) is 0 Å². The molecule has 0 atom stereocenters. The normalized spacial score (nSPS) is 22.2. The number of benzene rings is 1. The highest BCUT2D eigenvalue weighted by atomic mass is 19.4. The smallest absolute Gasteiger partial charge is 0.369 e. The van der Waals surface area contributed by atoms with E-state index in [2.05, 4.69) is 4.90 Å². The number of hydrogen-bond acceptors (Lipinski definition) is 5. The van der Waals surface area contributed by atoms with Crippen molar-refractivity contribution in [1.29, 1.82) is 10.5 Å². The maximum Gasteiger partial charge on any atom is 0.416 e. The minimum absolute atomic E-state index is 0.0298. The lowest BCUT2D eigenvalue weighted by molar-refractivity contribution is -0.137. The average Bonchev–Trinajstić information content (AvgIpc) is 2.81. The number of alkyl halides is 3. The van der Waals surface area contributed by atoms with E-state index >= 15 is 0 Å². The third kappa shape index (κ3) is 7.33. The zero-order chi connectivity index (χ0) is 23.8.